The molecule has 0 unspecified atom stereocenters. The maximum atomic E-state index is 12.2. The van der Waals surface area contributed by atoms with Crippen molar-refractivity contribution in [2.24, 2.45) is 0 Å². The van der Waals surface area contributed by atoms with E-state index in [9.17, 15) is 4.79 Å². The van der Waals surface area contributed by atoms with Gasteiger partial charge in [-0.2, -0.15) is 0 Å². The molecular formula is C12H16OSe2. The van der Waals surface area contributed by atoms with Gasteiger partial charge in [-0.25, -0.2) is 0 Å². The van der Waals surface area contributed by atoms with Crippen molar-refractivity contribution in [3.63, 3.8) is 0 Å². The summed E-state index contributed by atoms with van der Waals surface area (Å²) in [6, 6.07) is 9.73. The van der Waals surface area contributed by atoms with Crippen LogP contribution in [-0.4, -0.2) is 35.7 Å². The Hall–Kier alpha value is -0.0710. The molecule has 0 bridgehead atoms. The molecule has 1 nitrogen and oxygen atoms in total. The summed E-state index contributed by atoms with van der Waals surface area (Å²) in [5, 5.41) is 2.33. The molecule has 0 fully saturated rings. The summed E-state index contributed by atoms with van der Waals surface area (Å²) >= 11 is 0.978. The van der Waals surface area contributed by atoms with Crippen LogP contribution in [0.5, 0.6) is 0 Å². The molecule has 3 heteroatoms. The van der Waals surface area contributed by atoms with Gasteiger partial charge >= 0.3 is 105 Å². The van der Waals surface area contributed by atoms with Gasteiger partial charge < -0.3 is 0 Å². The van der Waals surface area contributed by atoms with Crippen LogP contribution < -0.4 is 0 Å². The Morgan fingerprint density at radius 2 is 1.67 bits per heavy atom. The predicted molar refractivity (Wildman–Crippen MR) is 67.0 cm³/mol. The van der Waals surface area contributed by atoms with Crippen molar-refractivity contribution in [3.8, 4) is 0 Å². The van der Waals surface area contributed by atoms with Crippen molar-refractivity contribution >= 4 is 35.7 Å². The van der Waals surface area contributed by atoms with Gasteiger partial charge in [0.1, 0.15) is 0 Å². The van der Waals surface area contributed by atoms with Gasteiger partial charge in [-0.3, -0.25) is 0 Å². The third-order valence-electron chi connectivity index (χ3n) is 1.91. The Morgan fingerprint density at radius 1 is 1.13 bits per heavy atom. The number of ketones is 1. The normalized spacial score (nSPS) is 10.6. The number of carbonyl (C=O) groups is 1. The summed E-state index contributed by atoms with van der Waals surface area (Å²) in [6.45, 7) is 4.36. The molecule has 0 aliphatic heterocycles. The third kappa shape index (κ3) is 4.12. The Balaban J connectivity index is 2.71. The van der Waals surface area contributed by atoms with Crippen LogP contribution in [0.2, 0.25) is 14.4 Å². The van der Waals surface area contributed by atoms with Crippen LogP contribution in [0.25, 0.3) is 0 Å². The summed E-state index contributed by atoms with van der Waals surface area (Å²) in [5.41, 5.74) is 0.896. The second-order valence-corrected chi connectivity index (χ2v) is 10.3. The van der Waals surface area contributed by atoms with Crippen LogP contribution in [0.3, 0.4) is 0 Å². The molecule has 0 atom stereocenters. The van der Waals surface area contributed by atoms with Gasteiger partial charge in [-0.15, -0.1) is 0 Å². The van der Waals surface area contributed by atoms with Crippen molar-refractivity contribution in [2.75, 3.05) is 0 Å². The Kier molecular flexibility index (Phi) is 6.28. The van der Waals surface area contributed by atoms with Gasteiger partial charge in [0.2, 0.25) is 0 Å². The molecule has 0 heterocycles. The average molecular weight is 334 g/mol. The first-order chi connectivity index (χ1) is 7.29. The Bertz CT molecular complexity index is 292. The van der Waals surface area contributed by atoms with Crippen molar-refractivity contribution in [3.05, 3.63) is 35.9 Å². The van der Waals surface area contributed by atoms with Crippen molar-refractivity contribution in [2.45, 2.75) is 28.2 Å². The molecule has 0 radical (unpaired) electrons. The van der Waals surface area contributed by atoms with Gasteiger partial charge in [-0.05, 0) is 0 Å². The van der Waals surface area contributed by atoms with Crippen molar-refractivity contribution in [1.82, 2.24) is 0 Å². The number of benzene rings is 1. The van der Waals surface area contributed by atoms with E-state index in [1.54, 1.807) is 0 Å². The molecule has 82 valence electrons. The first kappa shape index (κ1) is 13.0. The second-order valence-electron chi connectivity index (χ2n) is 2.97. The average Bonchev–Trinajstić information content (AvgIpc) is 2.29. The SMILES string of the molecule is CC[Se]C([Se]CC)C(=O)c1ccccc1. The first-order valence-electron chi connectivity index (χ1n) is 5.12. The van der Waals surface area contributed by atoms with Crippen LogP contribution in [-0.2, 0) is 0 Å². The van der Waals surface area contributed by atoms with Gasteiger partial charge in [0, 0.05) is 0 Å². The monoisotopic (exact) mass is 336 g/mol. The van der Waals surface area contributed by atoms with Crippen LogP contribution in [0.4, 0.5) is 0 Å². The van der Waals surface area contributed by atoms with E-state index in [1.807, 2.05) is 30.3 Å². The fraction of sp³-hybridized carbons (Fsp3) is 0.417. The van der Waals surface area contributed by atoms with E-state index in [4.69, 9.17) is 0 Å². The quantitative estimate of drug-likeness (QED) is 0.578. The molecule has 0 spiro atoms. The Labute approximate surface area is 104 Å². The van der Waals surface area contributed by atoms with E-state index in [2.05, 4.69) is 13.8 Å². The first-order valence-corrected chi connectivity index (χ1v) is 9.52. The minimum atomic E-state index is 0.349. The van der Waals surface area contributed by atoms with Crippen LogP contribution in [0, 0.1) is 0 Å². The molecule has 0 amide bonds. The summed E-state index contributed by atoms with van der Waals surface area (Å²) in [5.74, 6) is 0.374. The molecule has 1 rings (SSSR count). The number of Topliss-reactive ketones (excluding diaryl/α,β-unsaturated/α-hetero) is 1. The van der Waals surface area contributed by atoms with Crippen LogP contribution in [0.15, 0.2) is 30.3 Å². The summed E-state index contributed by atoms with van der Waals surface area (Å²) in [4.78, 5) is 12.2. The van der Waals surface area contributed by atoms with E-state index in [0.29, 0.717) is 39.4 Å². The fourth-order valence-electron chi connectivity index (χ4n) is 1.24. The summed E-state index contributed by atoms with van der Waals surface area (Å²) < 4.78 is 0.349. The standard InChI is InChI=1S/C12H16OSe2/c1-3-14-12(15-4-2)11(13)10-8-6-5-7-9-10/h5-9,12H,3-4H2,1-2H3. The number of carbonyl (C=O) groups excluding carboxylic acids is 1. The maximum absolute atomic E-state index is 12.2. The molecule has 1 aromatic carbocycles. The Morgan fingerprint density at radius 3 is 2.13 bits per heavy atom. The van der Waals surface area contributed by atoms with Crippen LogP contribution in [0.1, 0.15) is 24.2 Å². The van der Waals surface area contributed by atoms with E-state index in [-0.39, 0.29) is 0 Å². The van der Waals surface area contributed by atoms with Crippen molar-refractivity contribution < 1.29 is 4.79 Å². The topological polar surface area (TPSA) is 17.1 Å². The molecule has 15 heavy (non-hydrogen) atoms. The van der Waals surface area contributed by atoms with Gasteiger partial charge in [0.25, 0.3) is 0 Å². The van der Waals surface area contributed by atoms with E-state index in [0.717, 1.165) is 16.2 Å². The molecule has 0 aromatic heterocycles. The molecule has 0 N–H and O–H groups in total. The van der Waals surface area contributed by atoms with Crippen molar-refractivity contribution in [1.29, 1.82) is 0 Å². The van der Waals surface area contributed by atoms with Gasteiger partial charge in [-0.1, -0.05) is 0 Å². The van der Waals surface area contributed by atoms with Gasteiger partial charge in [0.15, 0.2) is 0 Å². The van der Waals surface area contributed by atoms with E-state index in [1.165, 1.54) is 0 Å². The van der Waals surface area contributed by atoms with Crippen LogP contribution >= 0.6 is 0 Å². The zero-order valence-corrected chi connectivity index (χ0v) is 12.5. The third-order valence-corrected chi connectivity index (χ3v) is 8.44. The molecular weight excluding hydrogens is 318 g/mol. The fourth-order valence-corrected chi connectivity index (χ4v) is 7.94. The molecule has 0 aliphatic carbocycles. The second kappa shape index (κ2) is 7.24. The summed E-state index contributed by atoms with van der Waals surface area (Å²) in [7, 11) is 0. The predicted octanol–water partition coefficient (Wildman–Crippen LogP) is 2.90. The minimum absolute atomic E-state index is 0.349. The van der Waals surface area contributed by atoms with E-state index >= 15 is 0 Å². The number of hydrogen-bond donors (Lipinski definition) is 0. The molecule has 0 aliphatic rings. The van der Waals surface area contributed by atoms with E-state index < -0.39 is 0 Å². The zero-order chi connectivity index (χ0) is 11.1. The number of hydrogen-bond acceptors (Lipinski definition) is 1. The molecule has 0 saturated carbocycles. The molecule has 0 saturated heterocycles. The number of rotatable bonds is 6. The summed E-state index contributed by atoms with van der Waals surface area (Å²) in [6.07, 6.45) is 0. The zero-order valence-electron chi connectivity index (χ0n) is 9.10. The van der Waals surface area contributed by atoms with Gasteiger partial charge in [0.05, 0.1) is 0 Å². The molecule has 1 aromatic rings.